The average molecular weight is 373 g/mol. The molecule has 128 valence electrons. The lowest BCUT2D eigenvalue weighted by atomic mass is 10.2. The molecule has 3 nitrogen and oxygen atoms in total. The molecule has 3 aromatic rings. The summed E-state index contributed by atoms with van der Waals surface area (Å²) in [6.45, 7) is 0. The Hall–Kier alpha value is -2.30. The zero-order valence-electron chi connectivity index (χ0n) is 13.4. The van der Waals surface area contributed by atoms with Gasteiger partial charge in [-0.2, -0.15) is 0 Å². The van der Waals surface area contributed by atoms with Crippen LogP contribution < -0.4 is 4.74 Å². The van der Waals surface area contributed by atoms with Gasteiger partial charge in [-0.25, -0.2) is 8.42 Å². The standard InChI is InChI=1S/C20H17ClO3S/c21-20(16-7-3-1-4-8-16)15-25(22,23)19-13-11-18(12-14-19)24-17-9-5-2-6-10-17/h1-14,20H,15H2/t20-/m0/s1. The Morgan fingerprint density at radius 3 is 1.88 bits per heavy atom. The van der Waals surface area contributed by atoms with E-state index in [4.69, 9.17) is 16.3 Å². The fourth-order valence-corrected chi connectivity index (χ4v) is 4.35. The van der Waals surface area contributed by atoms with Crippen LogP contribution in [-0.2, 0) is 9.84 Å². The first kappa shape index (κ1) is 17.5. The molecule has 0 bridgehead atoms. The number of ether oxygens (including phenoxy) is 1. The van der Waals surface area contributed by atoms with Crippen molar-refractivity contribution in [3.63, 3.8) is 0 Å². The van der Waals surface area contributed by atoms with Gasteiger partial charge in [0.2, 0.25) is 0 Å². The third kappa shape index (κ3) is 4.62. The Morgan fingerprint density at radius 1 is 0.760 bits per heavy atom. The van der Waals surface area contributed by atoms with Crippen molar-refractivity contribution < 1.29 is 13.2 Å². The van der Waals surface area contributed by atoms with Gasteiger partial charge in [0.1, 0.15) is 11.5 Å². The van der Waals surface area contributed by atoms with Gasteiger partial charge in [0.15, 0.2) is 9.84 Å². The highest BCUT2D eigenvalue weighted by Crippen LogP contribution is 2.27. The number of benzene rings is 3. The average Bonchev–Trinajstić information content (AvgIpc) is 2.63. The summed E-state index contributed by atoms with van der Waals surface area (Å²) < 4.78 is 30.8. The zero-order chi connectivity index (χ0) is 17.7. The first-order valence-corrected chi connectivity index (χ1v) is 9.88. The van der Waals surface area contributed by atoms with Gasteiger partial charge in [-0.15, -0.1) is 11.6 Å². The molecule has 0 amide bonds. The van der Waals surface area contributed by atoms with Gasteiger partial charge in [0.25, 0.3) is 0 Å². The maximum absolute atomic E-state index is 12.6. The molecule has 0 aliphatic carbocycles. The van der Waals surface area contributed by atoms with Crippen molar-refractivity contribution in [2.45, 2.75) is 10.3 Å². The second kappa shape index (κ2) is 7.72. The Bertz CT molecular complexity index is 908. The lowest BCUT2D eigenvalue weighted by Gasteiger charge is -2.11. The molecule has 0 heterocycles. The van der Waals surface area contributed by atoms with Crippen molar-refractivity contribution in [1.29, 1.82) is 0 Å². The summed E-state index contributed by atoms with van der Waals surface area (Å²) in [7, 11) is -3.48. The molecule has 0 unspecified atom stereocenters. The third-order valence-corrected chi connectivity index (χ3v) is 6.04. The van der Waals surface area contributed by atoms with Crippen molar-refractivity contribution in [1.82, 2.24) is 0 Å². The summed E-state index contributed by atoms with van der Waals surface area (Å²) in [4.78, 5) is 0.231. The monoisotopic (exact) mass is 372 g/mol. The quantitative estimate of drug-likeness (QED) is 0.556. The molecular formula is C20H17ClO3S. The van der Waals surface area contributed by atoms with Crippen LogP contribution in [0.3, 0.4) is 0 Å². The number of hydrogen-bond acceptors (Lipinski definition) is 3. The number of halogens is 1. The molecule has 5 heteroatoms. The van der Waals surface area contributed by atoms with Gasteiger partial charge >= 0.3 is 0 Å². The van der Waals surface area contributed by atoms with Gasteiger partial charge in [-0.1, -0.05) is 48.5 Å². The van der Waals surface area contributed by atoms with E-state index >= 15 is 0 Å². The van der Waals surface area contributed by atoms with Crippen LogP contribution in [0, 0.1) is 0 Å². The molecule has 0 saturated carbocycles. The van der Waals surface area contributed by atoms with Crippen LogP contribution in [0.25, 0.3) is 0 Å². The fraction of sp³-hybridized carbons (Fsp3) is 0.100. The predicted molar refractivity (Wildman–Crippen MR) is 100 cm³/mol. The van der Waals surface area contributed by atoms with E-state index in [0.717, 1.165) is 5.56 Å². The molecule has 0 radical (unpaired) electrons. The fourth-order valence-electron chi connectivity index (χ4n) is 2.39. The van der Waals surface area contributed by atoms with E-state index < -0.39 is 15.2 Å². The smallest absolute Gasteiger partial charge is 0.180 e. The van der Waals surface area contributed by atoms with Gasteiger partial charge in [0, 0.05) is 0 Å². The molecular weight excluding hydrogens is 356 g/mol. The van der Waals surface area contributed by atoms with E-state index in [9.17, 15) is 8.42 Å². The summed E-state index contributed by atoms with van der Waals surface area (Å²) in [5.74, 6) is 1.12. The normalized spacial score (nSPS) is 12.5. The molecule has 3 rings (SSSR count). The number of alkyl halides is 1. The van der Waals surface area contributed by atoms with E-state index in [1.165, 1.54) is 0 Å². The van der Waals surface area contributed by atoms with E-state index in [1.54, 1.807) is 24.3 Å². The number of sulfone groups is 1. The number of para-hydroxylation sites is 1. The highest BCUT2D eigenvalue weighted by molar-refractivity contribution is 7.91. The van der Waals surface area contributed by atoms with Crippen LogP contribution in [0.4, 0.5) is 0 Å². The van der Waals surface area contributed by atoms with E-state index in [2.05, 4.69) is 0 Å². The van der Waals surface area contributed by atoms with Gasteiger partial charge < -0.3 is 4.74 Å². The molecule has 0 aliphatic heterocycles. The summed E-state index contributed by atoms with van der Waals surface area (Å²) in [5, 5.41) is -0.591. The third-order valence-electron chi connectivity index (χ3n) is 3.69. The van der Waals surface area contributed by atoms with Crippen molar-refractivity contribution in [2.75, 3.05) is 5.75 Å². The first-order chi connectivity index (χ1) is 12.0. The van der Waals surface area contributed by atoms with Crippen molar-refractivity contribution in [3.05, 3.63) is 90.5 Å². The van der Waals surface area contributed by atoms with Crippen LogP contribution >= 0.6 is 11.6 Å². The molecule has 1 atom stereocenters. The van der Waals surface area contributed by atoms with Crippen LogP contribution in [0.15, 0.2) is 89.8 Å². The second-order valence-electron chi connectivity index (χ2n) is 5.55. The Labute approximate surface area is 152 Å². The molecule has 0 N–H and O–H groups in total. The second-order valence-corrected chi connectivity index (χ2v) is 8.11. The topological polar surface area (TPSA) is 43.4 Å². The van der Waals surface area contributed by atoms with Crippen LogP contribution in [-0.4, -0.2) is 14.2 Å². The van der Waals surface area contributed by atoms with Crippen molar-refractivity contribution >= 4 is 21.4 Å². The molecule has 0 aromatic heterocycles. The maximum Gasteiger partial charge on any atom is 0.180 e. The predicted octanol–water partition coefficient (Wildman–Crippen LogP) is 5.23. The minimum absolute atomic E-state index is 0.155. The van der Waals surface area contributed by atoms with Crippen molar-refractivity contribution in [3.8, 4) is 11.5 Å². The van der Waals surface area contributed by atoms with Gasteiger partial charge in [-0.3, -0.25) is 0 Å². The van der Waals surface area contributed by atoms with Crippen LogP contribution in [0.1, 0.15) is 10.9 Å². The van der Waals surface area contributed by atoms with Gasteiger partial charge in [-0.05, 0) is 42.0 Å². The Morgan fingerprint density at radius 2 is 1.28 bits per heavy atom. The Kier molecular flexibility index (Phi) is 5.41. The van der Waals surface area contributed by atoms with Crippen LogP contribution in [0.2, 0.25) is 0 Å². The lowest BCUT2D eigenvalue weighted by Crippen LogP contribution is -2.11. The van der Waals surface area contributed by atoms with E-state index in [-0.39, 0.29) is 10.6 Å². The summed E-state index contributed by atoms with van der Waals surface area (Å²) >= 11 is 6.28. The zero-order valence-corrected chi connectivity index (χ0v) is 15.0. The summed E-state index contributed by atoms with van der Waals surface area (Å²) in [6.07, 6.45) is 0. The molecule has 0 spiro atoms. The SMILES string of the molecule is O=S(=O)(C[C@H](Cl)c1ccccc1)c1ccc(Oc2ccccc2)cc1. The highest BCUT2D eigenvalue weighted by Gasteiger charge is 2.21. The largest absolute Gasteiger partial charge is 0.457 e. The minimum atomic E-state index is -3.48. The van der Waals surface area contributed by atoms with E-state index in [1.807, 2.05) is 60.7 Å². The molecule has 0 saturated heterocycles. The minimum Gasteiger partial charge on any atom is -0.457 e. The lowest BCUT2D eigenvalue weighted by molar-refractivity contribution is 0.482. The molecule has 0 fully saturated rings. The number of rotatable bonds is 6. The molecule has 25 heavy (non-hydrogen) atoms. The first-order valence-electron chi connectivity index (χ1n) is 7.79. The van der Waals surface area contributed by atoms with E-state index in [0.29, 0.717) is 11.5 Å². The van der Waals surface area contributed by atoms with Gasteiger partial charge in [0.05, 0.1) is 16.0 Å². The molecule has 3 aromatic carbocycles. The summed E-state index contributed by atoms with van der Waals surface area (Å²) in [5.41, 5.74) is 0.789. The van der Waals surface area contributed by atoms with Crippen LogP contribution in [0.5, 0.6) is 11.5 Å². The van der Waals surface area contributed by atoms with Crippen molar-refractivity contribution in [2.24, 2.45) is 0 Å². The highest BCUT2D eigenvalue weighted by atomic mass is 35.5. The number of hydrogen-bond donors (Lipinski definition) is 0. The Balaban J connectivity index is 1.72. The summed E-state index contributed by atoms with van der Waals surface area (Å²) in [6, 6.07) is 24.9. The molecule has 0 aliphatic rings. The maximum atomic E-state index is 12.6.